The fourth-order valence-electron chi connectivity index (χ4n) is 4.71. The Morgan fingerprint density at radius 2 is 1.82 bits per heavy atom. The molecule has 1 unspecified atom stereocenters. The molecule has 4 amide bonds. The number of nitro groups is 1. The van der Waals surface area contributed by atoms with Crippen molar-refractivity contribution in [1.29, 1.82) is 0 Å². The third kappa shape index (κ3) is 4.90. The number of ether oxygens (including phenoxy) is 1. The van der Waals surface area contributed by atoms with E-state index in [1.807, 2.05) is 0 Å². The Kier molecular flexibility index (Phi) is 7.68. The summed E-state index contributed by atoms with van der Waals surface area (Å²) in [6.07, 6.45) is -0.740. The number of non-ortho nitro benzene ring substituents is 1. The van der Waals surface area contributed by atoms with Crippen LogP contribution in [0.25, 0.3) is 0 Å². The van der Waals surface area contributed by atoms with Crippen LogP contribution in [0, 0.1) is 10.1 Å². The van der Waals surface area contributed by atoms with Gasteiger partial charge in [-0.2, -0.15) is 0 Å². The van der Waals surface area contributed by atoms with Gasteiger partial charge in [-0.05, 0) is 37.1 Å². The third-order valence-electron chi connectivity index (χ3n) is 6.74. The van der Waals surface area contributed by atoms with Gasteiger partial charge in [0.1, 0.15) is 24.1 Å². The van der Waals surface area contributed by atoms with Crippen LogP contribution >= 0.6 is 11.8 Å². The molecule has 4 N–H and O–H groups in total. The van der Waals surface area contributed by atoms with Crippen LogP contribution in [0.5, 0.6) is 0 Å². The molecule has 2 aliphatic rings. The maximum absolute atomic E-state index is 13.4. The molecular weight excluding hydrogens is 546 g/mol. The highest BCUT2D eigenvalue weighted by Gasteiger charge is 2.73. The largest absolute Gasteiger partial charge is 0.478 e. The number of alkyl carbamates (subject to hydrolysis) is 1. The summed E-state index contributed by atoms with van der Waals surface area (Å²) < 4.78 is 4.05. The monoisotopic (exact) mass is 571 g/mol. The first kappa shape index (κ1) is 28.4. The minimum Gasteiger partial charge on any atom is -0.478 e. The first-order valence-electron chi connectivity index (χ1n) is 11.9. The molecule has 15 heteroatoms. The van der Waals surface area contributed by atoms with Crippen LogP contribution in [0.4, 0.5) is 10.5 Å². The summed E-state index contributed by atoms with van der Waals surface area (Å²) in [5.41, 5.74) is -1.27. The Labute approximate surface area is 231 Å². The van der Waals surface area contributed by atoms with Gasteiger partial charge in [0.25, 0.3) is 11.6 Å². The number of fused-ring (bicyclic) bond motifs is 1. The van der Waals surface area contributed by atoms with Gasteiger partial charge in [-0.25, -0.2) is 9.59 Å². The highest BCUT2D eigenvalue weighted by molar-refractivity contribution is 8.01. The number of rotatable bonds is 10. The van der Waals surface area contributed by atoms with E-state index in [9.17, 15) is 39.2 Å². The van der Waals surface area contributed by atoms with Crippen molar-refractivity contribution < 1.29 is 38.7 Å². The lowest BCUT2D eigenvalue weighted by Crippen LogP contribution is -2.79. The molecule has 0 bridgehead atoms. The highest BCUT2D eigenvalue weighted by Crippen LogP contribution is 2.55. The molecule has 4 atom stereocenters. The first-order valence-corrected chi connectivity index (χ1v) is 12.8. The summed E-state index contributed by atoms with van der Waals surface area (Å²) in [7, 11) is 0. The number of carbonyl (C=O) groups excluding carboxylic acids is 4. The SMILES string of the molecule is CC1(C)S[C@@H]2[C@@H](NC(=O)C(NC(=O)OCc3ccc([N+](=O)[O-])cc3)c3ccccc3)C(=O)N2[C@@]1(NC=O)C(=O)O. The quantitative estimate of drug-likeness (QED) is 0.139. The highest BCUT2D eigenvalue weighted by atomic mass is 32.2. The van der Waals surface area contributed by atoms with Gasteiger partial charge in [-0.15, -0.1) is 11.8 Å². The van der Waals surface area contributed by atoms with E-state index in [0.29, 0.717) is 11.1 Å². The number of carboxylic acids is 1. The van der Waals surface area contributed by atoms with Crippen LogP contribution in [0.1, 0.15) is 31.0 Å². The lowest BCUT2D eigenvalue weighted by molar-refractivity contribution is -0.384. The number of amides is 4. The number of β-lactam (4-membered cyclic amide) rings is 1. The minimum atomic E-state index is -2.01. The van der Waals surface area contributed by atoms with Gasteiger partial charge in [-0.1, -0.05) is 30.3 Å². The zero-order chi connectivity index (χ0) is 29.2. The molecule has 2 aromatic carbocycles. The second-order valence-corrected chi connectivity index (χ2v) is 11.2. The number of carbonyl (C=O) groups is 5. The number of nitro benzene ring substituents is 1. The van der Waals surface area contributed by atoms with E-state index in [0.717, 1.165) is 16.7 Å². The molecule has 210 valence electrons. The predicted octanol–water partition coefficient (Wildman–Crippen LogP) is 1.27. The Bertz CT molecular complexity index is 1350. The molecule has 2 fully saturated rings. The lowest BCUT2D eigenvalue weighted by Gasteiger charge is -2.49. The summed E-state index contributed by atoms with van der Waals surface area (Å²) in [4.78, 5) is 73.8. The van der Waals surface area contributed by atoms with E-state index in [1.165, 1.54) is 24.3 Å². The zero-order valence-corrected chi connectivity index (χ0v) is 22.0. The van der Waals surface area contributed by atoms with Crippen molar-refractivity contribution in [1.82, 2.24) is 20.9 Å². The minimum absolute atomic E-state index is 0.121. The van der Waals surface area contributed by atoms with Crippen molar-refractivity contribution in [3.63, 3.8) is 0 Å². The van der Waals surface area contributed by atoms with Gasteiger partial charge < -0.3 is 25.8 Å². The maximum Gasteiger partial charge on any atom is 0.408 e. The van der Waals surface area contributed by atoms with Crippen LogP contribution in [0.3, 0.4) is 0 Å². The molecule has 2 aliphatic heterocycles. The number of aliphatic carboxylic acids is 1. The zero-order valence-electron chi connectivity index (χ0n) is 21.2. The number of benzene rings is 2. The second-order valence-electron chi connectivity index (χ2n) is 9.48. The van der Waals surface area contributed by atoms with E-state index in [4.69, 9.17) is 4.74 Å². The summed E-state index contributed by atoms with van der Waals surface area (Å²) in [6, 6.07) is 11.2. The van der Waals surface area contributed by atoms with E-state index >= 15 is 0 Å². The van der Waals surface area contributed by atoms with Gasteiger partial charge in [0.05, 0.1) is 9.67 Å². The fraction of sp³-hybridized carbons (Fsp3) is 0.320. The van der Waals surface area contributed by atoms with Crippen LogP contribution < -0.4 is 16.0 Å². The molecule has 0 spiro atoms. The first-order chi connectivity index (χ1) is 18.9. The summed E-state index contributed by atoms with van der Waals surface area (Å²) in [5, 5.41) is 27.3. The van der Waals surface area contributed by atoms with Gasteiger partial charge in [0.2, 0.25) is 18.0 Å². The van der Waals surface area contributed by atoms with Crippen LogP contribution in [-0.4, -0.2) is 67.0 Å². The predicted molar refractivity (Wildman–Crippen MR) is 139 cm³/mol. The van der Waals surface area contributed by atoms with Crippen molar-refractivity contribution in [3.8, 4) is 0 Å². The average Bonchev–Trinajstić information content (AvgIpc) is 3.14. The molecule has 4 rings (SSSR count). The van der Waals surface area contributed by atoms with Crippen LogP contribution in [0.2, 0.25) is 0 Å². The van der Waals surface area contributed by atoms with Gasteiger partial charge in [0, 0.05) is 12.1 Å². The number of nitrogens with zero attached hydrogens (tertiary/aromatic N) is 2. The summed E-state index contributed by atoms with van der Waals surface area (Å²) in [6.45, 7) is 2.92. The van der Waals surface area contributed by atoms with Crippen molar-refractivity contribution in [2.45, 2.75) is 48.3 Å². The van der Waals surface area contributed by atoms with E-state index in [-0.39, 0.29) is 18.7 Å². The summed E-state index contributed by atoms with van der Waals surface area (Å²) in [5.74, 6) is -2.87. The van der Waals surface area contributed by atoms with Crippen LogP contribution in [0.15, 0.2) is 54.6 Å². The Morgan fingerprint density at radius 1 is 1.18 bits per heavy atom. The van der Waals surface area contributed by atoms with Crippen molar-refractivity contribution in [2.24, 2.45) is 0 Å². The topological polar surface area (TPSA) is 197 Å². The molecular formula is C25H25N5O9S. The Balaban J connectivity index is 1.47. The summed E-state index contributed by atoms with van der Waals surface area (Å²) >= 11 is 1.11. The molecule has 2 saturated heterocycles. The standard InChI is InChI=1S/C25H25N5O9S/c1-24(2)25(22(34)35,26-13-31)29-20(33)18(21(29)40-24)27-19(32)17(15-6-4-3-5-7-15)28-23(36)39-12-14-8-10-16(11-9-14)30(37)38/h3-11,13,17-18,21H,12H2,1-2H3,(H,26,31)(H,27,32)(H,28,36)(H,34,35)/t17?,18-,21+,25-/m0/s1. The number of nitrogens with one attached hydrogen (secondary N) is 3. The normalized spacial score (nSPS) is 23.1. The molecule has 14 nitrogen and oxygen atoms in total. The third-order valence-corrected chi connectivity index (χ3v) is 8.35. The van der Waals surface area contributed by atoms with Gasteiger partial charge in [-0.3, -0.25) is 29.4 Å². The Hall–Kier alpha value is -4.66. The second kappa shape index (κ2) is 10.8. The molecule has 0 aromatic heterocycles. The smallest absolute Gasteiger partial charge is 0.408 e. The number of thioether (sulfide) groups is 1. The van der Waals surface area contributed by atoms with Crippen LogP contribution in [-0.2, 0) is 30.5 Å². The van der Waals surface area contributed by atoms with Crippen molar-refractivity contribution in [2.75, 3.05) is 0 Å². The number of hydrogen-bond donors (Lipinski definition) is 4. The number of hydrogen-bond acceptors (Lipinski definition) is 9. The van der Waals surface area contributed by atoms with E-state index in [2.05, 4.69) is 16.0 Å². The van der Waals surface area contributed by atoms with Gasteiger partial charge >= 0.3 is 12.1 Å². The molecule has 0 radical (unpaired) electrons. The molecule has 40 heavy (non-hydrogen) atoms. The van der Waals surface area contributed by atoms with Crippen molar-refractivity contribution >= 4 is 47.7 Å². The van der Waals surface area contributed by atoms with Gasteiger partial charge in [0.15, 0.2) is 0 Å². The maximum atomic E-state index is 13.4. The molecule has 2 aromatic rings. The average molecular weight is 572 g/mol. The van der Waals surface area contributed by atoms with E-state index in [1.54, 1.807) is 44.2 Å². The molecule has 0 aliphatic carbocycles. The van der Waals surface area contributed by atoms with E-state index < -0.39 is 56.7 Å². The van der Waals surface area contributed by atoms with Crippen molar-refractivity contribution in [3.05, 3.63) is 75.8 Å². The molecule has 0 saturated carbocycles. The Morgan fingerprint density at radius 3 is 2.40 bits per heavy atom. The molecule has 2 heterocycles. The fourth-order valence-corrected chi connectivity index (χ4v) is 6.41. The lowest BCUT2D eigenvalue weighted by atomic mass is 9.88. The number of carboxylic acid groups (broad SMARTS) is 1.